The number of methoxy groups -OCH3 is 1. The molecule has 1 aliphatic heterocycles. The Morgan fingerprint density at radius 3 is 2.09 bits per heavy atom. The van der Waals surface area contributed by atoms with Crippen molar-refractivity contribution in [3.05, 3.63) is 92.2 Å². The molecule has 0 bridgehead atoms. The number of amides is 2. The number of fused-ring (bicyclic) bond motifs is 1. The predicted octanol–water partition coefficient (Wildman–Crippen LogP) is 9.50. The molecule has 3 unspecified atom stereocenters. The maximum atomic E-state index is 12.1. The van der Waals surface area contributed by atoms with E-state index in [9.17, 15) is 23.7 Å². The van der Waals surface area contributed by atoms with Crippen LogP contribution in [0.5, 0.6) is 11.5 Å². The van der Waals surface area contributed by atoms with Crippen molar-refractivity contribution in [1.82, 2.24) is 9.78 Å². The normalized spacial score (nSPS) is 14.4. The van der Waals surface area contributed by atoms with Crippen molar-refractivity contribution in [2.45, 2.75) is 103 Å². The number of hydrogen-bond acceptors (Lipinski definition) is 11. The number of para-hydroxylation sites is 3. The Bertz CT molecular complexity index is 2350. The molecule has 372 valence electrons. The van der Waals surface area contributed by atoms with Gasteiger partial charge in [-0.3, -0.25) is 23.8 Å². The van der Waals surface area contributed by atoms with Crippen LogP contribution in [-0.4, -0.2) is 99.7 Å². The molecule has 4 N–H and O–H groups in total. The molecule has 3 aromatic carbocycles. The molecule has 2 heterocycles. The molecule has 3 atom stereocenters. The molecule has 4 aromatic rings. The second kappa shape index (κ2) is 27.4. The third-order valence-corrected chi connectivity index (χ3v) is 11.6. The van der Waals surface area contributed by atoms with Crippen molar-refractivity contribution in [2.24, 2.45) is 5.73 Å². The third kappa shape index (κ3) is 18.2. The molecule has 0 aliphatic carbocycles. The number of carboxylic acids is 1. The number of aliphatic carboxylic acids is 1. The molecule has 1 aliphatic rings. The Labute approximate surface area is 416 Å². The molecular weight excluding hydrogens is 995 g/mol. The van der Waals surface area contributed by atoms with Gasteiger partial charge in [-0.2, -0.15) is 4.68 Å². The van der Waals surface area contributed by atoms with E-state index >= 15 is 0 Å². The average molecular weight is 1060 g/mol. The maximum absolute atomic E-state index is 12.1. The number of aryl methyl sites for hydroxylation is 2. The predicted molar refractivity (Wildman–Crippen MR) is 267 cm³/mol. The van der Waals surface area contributed by atoms with Gasteiger partial charge in [-0.15, -0.1) is 16.7 Å². The summed E-state index contributed by atoms with van der Waals surface area (Å²) >= 11 is 29.2. The highest BCUT2D eigenvalue weighted by atomic mass is 35.5. The van der Waals surface area contributed by atoms with Gasteiger partial charge in [0, 0.05) is 31.4 Å². The molecule has 0 saturated heterocycles. The van der Waals surface area contributed by atoms with Crippen LogP contribution < -0.4 is 30.8 Å². The first kappa shape index (κ1) is 59.3. The van der Waals surface area contributed by atoms with E-state index in [0.29, 0.717) is 34.7 Å². The number of nitrogens with two attached hydrogens (primary N) is 1. The molecule has 0 spiro atoms. The number of carboxylic acid groups (broad SMARTS) is 1. The molecule has 5 rings (SSSR count). The summed E-state index contributed by atoms with van der Waals surface area (Å²) in [5.74, 6) is -0.783. The van der Waals surface area contributed by atoms with E-state index in [1.54, 1.807) is 23.0 Å². The number of carbonyl (C=O) groups is 3. The van der Waals surface area contributed by atoms with Crippen molar-refractivity contribution >= 4 is 94.5 Å². The van der Waals surface area contributed by atoms with Crippen molar-refractivity contribution in [3.8, 4) is 17.2 Å². The van der Waals surface area contributed by atoms with E-state index in [1.807, 2.05) is 84.0 Å². The Balaban J connectivity index is 0.000000315. The minimum absolute atomic E-state index is 0.0371. The number of carbonyl (C=O) groups excluding carboxylic acids is 2. The Kier molecular flexibility index (Phi) is 24.2. The fourth-order valence-corrected chi connectivity index (χ4v) is 7.65. The van der Waals surface area contributed by atoms with Gasteiger partial charge in [0.15, 0.2) is 12.2 Å². The van der Waals surface area contributed by atoms with Crippen LogP contribution in [0.2, 0.25) is 10.0 Å². The monoisotopic (exact) mass is 1050 g/mol. The summed E-state index contributed by atoms with van der Waals surface area (Å²) in [7, 11) is -1.52. The van der Waals surface area contributed by atoms with Gasteiger partial charge in [0.25, 0.3) is 5.91 Å². The number of alkyl halides is 3. The molecule has 67 heavy (non-hydrogen) atoms. The second-order valence-corrected chi connectivity index (χ2v) is 21.1. The van der Waals surface area contributed by atoms with E-state index in [2.05, 4.69) is 18.9 Å². The summed E-state index contributed by atoms with van der Waals surface area (Å²) in [4.78, 5) is 56.9. The number of aromatic nitrogens is 2. The minimum Gasteiger partial charge on any atom is -0.489 e. The van der Waals surface area contributed by atoms with Gasteiger partial charge >= 0.3 is 11.7 Å². The van der Waals surface area contributed by atoms with E-state index in [4.69, 9.17) is 92.4 Å². The summed E-state index contributed by atoms with van der Waals surface area (Å²) in [6.45, 7) is 17.4. The van der Waals surface area contributed by atoms with Crippen molar-refractivity contribution in [1.29, 1.82) is 0 Å². The lowest BCUT2D eigenvalue weighted by Gasteiger charge is -2.35. The number of ether oxygens (including phenoxy) is 3. The van der Waals surface area contributed by atoms with Gasteiger partial charge in [0.1, 0.15) is 36.8 Å². The smallest absolute Gasteiger partial charge is 0.442 e. The molecule has 16 nitrogen and oxygen atoms in total. The number of benzene rings is 3. The zero-order valence-electron chi connectivity index (χ0n) is 39.2. The van der Waals surface area contributed by atoms with Crippen LogP contribution in [0.3, 0.4) is 0 Å². The van der Waals surface area contributed by atoms with E-state index in [1.165, 1.54) is 12.7 Å². The zero-order chi connectivity index (χ0) is 51.0. The fraction of sp³-hybridized carbons (Fsp3) is 0.489. The molecule has 2 amide bonds. The van der Waals surface area contributed by atoms with E-state index in [0.717, 1.165) is 40.0 Å². The summed E-state index contributed by atoms with van der Waals surface area (Å²) in [5.41, 5.74) is 9.03. The first-order valence-corrected chi connectivity index (χ1v) is 25.5. The van der Waals surface area contributed by atoms with Gasteiger partial charge < -0.3 is 39.3 Å². The van der Waals surface area contributed by atoms with Gasteiger partial charge in [0.2, 0.25) is 11.8 Å². The van der Waals surface area contributed by atoms with Crippen molar-refractivity contribution < 1.29 is 47.6 Å². The number of anilines is 2. The standard InChI is InChI=1S/C15H18Cl2N2O3.C14H20ClNO2.C11H11Cl2NO2.C5H12NO4P/c1-8(2)21-12-7-11(9(16)6-10(12)17)19-14(20)22-13(18-19)15(3,4)5;1-4-11-7-6-8-12(5-2)14(11)16(10-18-3)13(17)9-15;1-7-6-16-9-5-3-2-4-8(9)14(7)11(15)10(12)13;1-11(9,10)3-2-4(6)5(7)8/h6-8H,1-5H3;6-8H,4-5,9-10H2,1-3H3;2-5,7,10H,6H2,1H3;4H,2-3,6H2,1H3,(H,7,8)(H,9,10). The molecule has 0 radical (unpaired) electrons. The van der Waals surface area contributed by atoms with Crippen LogP contribution in [0, 0.1) is 0 Å². The van der Waals surface area contributed by atoms with Crippen LogP contribution in [-0.2, 0) is 41.9 Å². The summed E-state index contributed by atoms with van der Waals surface area (Å²) in [5, 5.41) is 13.2. The SMILES string of the molecule is CC(C)Oc1cc(-n2nc(C(C)(C)C)oc2=O)c(Cl)cc1Cl.CC1COc2ccccc2N1C(=O)C(Cl)Cl.CCc1cccc(CC)c1N(COC)C(=O)CCl.CP(=O)(O)CCC(N)C(=O)O. The number of nitrogens with zero attached hydrogens (tertiary/aromatic N) is 4. The topological polar surface area (TPSA) is 217 Å². The number of rotatable bonds is 14. The lowest BCUT2D eigenvalue weighted by Crippen LogP contribution is -2.47. The van der Waals surface area contributed by atoms with Gasteiger partial charge in [-0.25, -0.2) is 4.79 Å². The van der Waals surface area contributed by atoms with Crippen LogP contribution >= 0.6 is 65.4 Å². The quantitative estimate of drug-likeness (QED) is 0.0610. The number of halogens is 5. The maximum Gasteiger partial charge on any atom is 0.442 e. The van der Waals surface area contributed by atoms with Crippen LogP contribution in [0.15, 0.2) is 63.8 Å². The summed E-state index contributed by atoms with van der Waals surface area (Å²) in [6.07, 6.45) is 1.68. The Morgan fingerprint density at radius 2 is 1.61 bits per heavy atom. The highest BCUT2D eigenvalue weighted by molar-refractivity contribution is 7.57. The fourth-order valence-electron chi connectivity index (χ4n) is 6.03. The van der Waals surface area contributed by atoms with Gasteiger partial charge in [-0.05, 0) is 69.4 Å². The summed E-state index contributed by atoms with van der Waals surface area (Å²) < 4.78 is 33.2. The summed E-state index contributed by atoms with van der Waals surface area (Å²) in [6, 6.07) is 15.5. The third-order valence-electron chi connectivity index (χ3n) is 9.33. The number of hydrogen-bond donors (Lipinski definition) is 3. The first-order chi connectivity index (χ1) is 31.2. The molecule has 0 fully saturated rings. The Morgan fingerprint density at radius 1 is 1.01 bits per heavy atom. The minimum atomic E-state index is -3.10. The average Bonchev–Trinajstić information content (AvgIpc) is 3.66. The molecule has 22 heteroatoms. The van der Waals surface area contributed by atoms with Crippen molar-refractivity contribution in [3.63, 3.8) is 0 Å². The lowest BCUT2D eigenvalue weighted by molar-refractivity contribution is -0.138. The first-order valence-electron chi connectivity index (χ1n) is 21.1. The highest BCUT2D eigenvalue weighted by Crippen LogP contribution is 2.37. The Hall–Kier alpha value is -3.83. The van der Waals surface area contributed by atoms with Crippen LogP contribution in [0.4, 0.5) is 11.4 Å². The van der Waals surface area contributed by atoms with Gasteiger partial charge in [-0.1, -0.05) is 111 Å². The zero-order valence-corrected chi connectivity index (χ0v) is 43.9. The largest absolute Gasteiger partial charge is 0.489 e. The molecule has 0 saturated carbocycles. The van der Waals surface area contributed by atoms with Gasteiger partial charge in [0.05, 0.1) is 39.3 Å². The van der Waals surface area contributed by atoms with E-state index in [-0.39, 0.29) is 59.6 Å². The lowest BCUT2D eigenvalue weighted by atomic mass is 9.97. The molecule has 1 aromatic heterocycles. The van der Waals surface area contributed by atoms with Crippen LogP contribution in [0.25, 0.3) is 5.69 Å². The second-order valence-electron chi connectivity index (χ2n) is 16.4. The molecular formula is C45H61Cl5N5O11P. The highest BCUT2D eigenvalue weighted by Gasteiger charge is 2.32. The van der Waals surface area contributed by atoms with Crippen LogP contribution in [0.1, 0.15) is 78.8 Å². The van der Waals surface area contributed by atoms with E-state index < -0.39 is 30.0 Å². The van der Waals surface area contributed by atoms with Crippen molar-refractivity contribution in [2.75, 3.05) is 49.0 Å².